The average Bonchev–Trinajstić information content (AvgIpc) is 3.09. The summed E-state index contributed by atoms with van der Waals surface area (Å²) in [6, 6.07) is 27.7. The molecule has 0 bridgehead atoms. The number of nitrogens with zero attached hydrogens (tertiary/aromatic N) is 2. The molecule has 1 N–H and O–H groups in total. The zero-order valence-corrected chi connectivity index (χ0v) is 35.8. The summed E-state index contributed by atoms with van der Waals surface area (Å²) >= 11 is 6.82. The Morgan fingerprint density at radius 2 is 1.04 bits per heavy atom. The molecule has 0 saturated heterocycles. The van der Waals surface area contributed by atoms with Gasteiger partial charge >= 0.3 is 0 Å². The Labute approximate surface area is 332 Å². The van der Waals surface area contributed by atoms with E-state index in [1.807, 2.05) is 36.7 Å². The van der Waals surface area contributed by atoms with Crippen molar-refractivity contribution in [3.8, 4) is 22.5 Å². The van der Waals surface area contributed by atoms with Gasteiger partial charge < -0.3 is 15.1 Å². The fourth-order valence-electron chi connectivity index (χ4n) is 5.13. The third kappa shape index (κ3) is 21.0. The van der Waals surface area contributed by atoms with Crippen LogP contribution < -0.4 is 0 Å². The van der Waals surface area contributed by atoms with Crippen molar-refractivity contribution < 1.29 is 30.0 Å². The molecule has 7 heteroatoms. The third-order valence-corrected chi connectivity index (χ3v) is 8.75. The number of benzene rings is 2. The molecule has 4 nitrogen and oxygen atoms in total. The maximum Gasteiger partial charge on any atom is 0.155 e. The Bertz CT molecular complexity index is 1370. The summed E-state index contributed by atoms with van der Waals surface area (Å²) in [5, 5.41) is 8.36. The number of carbonyl (C=O) groups is 1. The van der Waals surface area contributed by atoms with Gasteiger partial charge in [-0.15, -0.1) is 70.8 Å². The van der Waals surface area contributed by atoms with Gasteiger partial charge in [-0.2, -0.15) is 0 Å². The summed E-state index contributed by atoms with van der Waals surface area (Å²) in [5.41, 5.74) is 6.84. The van der Waals surface area contributed by atoms with Gasteiger partial charge in [0.05, 0.1) is 5.76 Å². The first-order valence-corrected chi connectivity index (χ1v) is 19.4. The zero-order valence-electron chi connectivity index (χ0n) is 30.2. The number of allylic oxidation sites excluding steroid dienone is 2. The number of aliphatic hydroxyl groups is 1. The van der Waals surface area contributed by atoms with Crippen molar-refractivity contribution in [3.63, 3.8) is 0 Å². The largest absolute Gasteiger partial charge is 0.512 e. The van der Waals surface area contributed by atoms with E-state index in [4.69, 9.17) is 5.11 Å². The molecule has 0 saturated carbocycles. The molecular weight excluding hydrogens is 929 g/mol. The average molecular weight is 983 g/mol. The van der Waals surface area contributed by atoms with E-state index in [2.05, 4.69) is 104 Å². The van der Waals surface area contributed by atoms with Crippen molar-refractivity contribution in [2.24, 2.45) is 0 Å². The second-order valence-corrected chi connectivity index (χ2v) is 14.2. The van der Waals surface area contributed by atoms with Crippen LogP contribution >= 0.6 is 31.9 Å². The summed E-state index contributed by atoms with van der Waals surface area (Å²) in [6.45, 7) is 7.37. The van der Waals surface area contributed by atoms with E-state index in [1.54, 1.807) is 0 Å². The van der Waals surface area contributed by atoms with Crippen LogP contribution in [0.4, 0.5) is 0 Å². The van der Waals surface area contributed by atoms with Crippen molar-refractivity contribution >= 4 is 37.6 Å². The standard InChI is InChI=1S/2C19H23BrN.C5H8O2.Ir/c2*1-2-3-4-5-6-7-8-16-9-11-17(12-10-16)19-14-13-18(20)15-21-19;1-4(6)3-5(2)7;/h2*9-11,13-15H,2-8H2,1H3;3,6H,1-2H3;/q2*-1;;. The topological polar surface area (TPSA) is 63.1 Å². The van der Waals surface area contributed by atoms with Gasteiger partial charge in [0.2, 0.25) is 0 Å². The van der Waals surface area contributed by atoms with Crippen LogP contribution in [-0.4, -0.2) is 20.9 Å². The molecule has 2 heterocycles. The van der Waals surface area contributed by atoms with Crippen LogP contribution in [0, 0.1) is 12.1 Å². The number of ketones is 1. The number of hydrogen-bond donors (Lipinski definition) is 1. The monoisotopic (exact) mass is 981 g/mol. The minimum atomic E-state index is -0.125. The molecule has 4 rings (SSSR count). The van der Waals surface area contributed by atoms with Crippen LogP contribution in [0.1, 0.15) is 116 Å². The van der Waals surface area contributed by atoms with Gasteiger partial charge in [-0.25, -0.2) is 0 Å². The molecule has 0 amide bonds. The number of pyridine rings is 2. The van der Waals surface area contributed by atoms with Gasteiger partial charge in [0.15, 0.2) is 5.78 Å². The van der Waals surface area contributed by atoms with Crippen LogP contribution in [0.25, 0.3) is 22.5 Å². The molecule has 273 valence electrons. The van der Waals surface area contributed by atoms with Crippen LogP contribution in [0.2, 0.25) is 0 Å². The van der Waals surface area contributed by atoms with Gasteiger partial charge in [0.25, 0.3) is 0 Å². The summed E-state index contributed by atoms with van der Waals surface area (Å²) in [5.74, 6) is -0.0625. The van der Waals surface area contributed by atoms with Crippen molar-refractivity contribution in [2.45, 2.75) is 118 Å². The third-order valence-electron chi connectivity index (χ3n) is 7.81. The number of halogens is 2. The molecular formula is C43H54Br2IrN2O2-2. The fourth-order valence-corrected chi connectivity index (χ4v) is 5.60. The predicted octanol–water partition coefficient (Wildman–Crippen LogP) is 13.5. The van der Waals surface area contributed by atoms with Crippen molar-refractivity contribution in [2.75, 3.05) is 0 Å². The summed E-state index contributed by atoms with van der Waals surface area (Å²) < 4.78 is 2.01. The quantitative estimate of drug-likeness (QED) is 0.0496. The van der Waals surface area contributed by atoms with Crippen molar-refractivity contribution in [3.05, 3.63) is 117 Å². The number of aliphatic hydroxyl groups excluding tert-OH is 1. The second-order valence-electron chi connectivity index (χ2n) is 12.4. The fraction of sp³-hybridized carbons (Fsp3) is 0.419. The van der Waals surface area contributed by atoms with Gasteiger partial charge in [-0.1, -0.05) is 128 Å². The number of aryl methyl sites for hydroxylation is 2. The van der Waals surface area contributed by atoms with E-state index in [9.17, 15) is 4.79 Å². The summed E-state index contributed by atoms with van der Waals surface area (Å²) in [4.78, 5) is 18.8. The molecule has 50 heavy (non-hydrogen) atoms. The molecule has 2 aromatic carbocycles. The molecule has 0 aliphatic carbocycles. The summed E-state index contributed by atoms with van der Waals surface area (Å²) in [7, 11) is 0. The van der Waals surface area contributed by atoms with Crippen LogP contribution in [0.3, 0.4) is 0 Å². The smallest absolute Gasteiger partial charge is 0.155 e. The Morgan fingerprint density at radius 1 is 0.640 bits per heavy atom. The molecule has 2 aromatic heterocycles. The van der Waals surface area contributed by atoms with Crippen molar-refractivity contribution in [1.29, 1.82) is 0 Å². The molecule has 0 atom stereocenters. The minimum Gasteiger partial charge on any atom is -0.512 e. The number of aromatic nitrogens is 2. The predicted molar refractivity (Wildman–Crippen MR) is 214 cm³/mol. The molecule has 0 unspecified atom stereocenters. The van der Waals surface area contributed by atoms with Gasteiger partial charge in [-0.3, -0.25) is 4.79 Å². The Balaban J connectivity index is 0.000000414. The van der Waals surface area contributed by atoms with E-state index >= 15 is 0 Å². The minimum absolute atomic E-state index is 0. The molecule has 0 aliphatic rings. The van der Waals surface area contributed by atoms with E-state index < -0.39 is 0 Å². The SMILES string of the molecule is CC(=O)C=C(C)O.CCCCCCCCc1c[c-]c(-c2ccc(Br)cn2)cc1.CCCCCCCCc1c[c-]c(-c2ccc(Br)cn2)cc1.[Ir]. The Hall–Kier alpha value is -2.44. The Morgan fingerprint density at radius 3 is 1.32 bits per heavy atom. The molecule has 4 aromatic rings. The van der Waals surface area contributed by atoms with Crippen LogP contribution in [-0.2, 0) is 37.7 Å². The van der Waals surface area contributed by atoms with Gasteiger partial charge in [-0.05, 0) is 57.1 Å². The van der Waals surface area contributed by atoms with E-state index in [0.717, 1.165) is 44.3 Å². The van der Waals surface area contributed by atoms with Crippen LogP contribution in [0.15, 0.2) is 93.8 Å². The Kier molecular flexibility index (Phi) is 25.7. The number of rotatable bonds is 17. The van der Waals surface area contributed by atoms with Gasteiger partial charge in [0, 0.05) is 47.5 Å². The second kappa shape index (κ2) is 28.2. The summed E-state index contributed by atoms with van der Waals surface area (Å²) in [6.07, 6.45) is 23.3. The van der Waals surface area contributed by atoms with E-state index in [0.29, 0.717) is 0 Å². The van der Waals surface area contributed by atoms with Crippen LogP contribution in [0.5, 0.6) is 0 Å². The first-order valence-electron chi connectivity index (χ1n) is 17.8. The molecule has 0 aliphatic heterocycles. The first-order chi connectivity index (χ1) is 23.7. The molecule has 0 spiro atoms. The first kappa shape index (κ1) is 45.6. The maximum absolute atomic E-state index is 10.0. The van der Waals surface area contributed by atoms with E-state index in [-0.39, 0.29) is 31.6 Å². The molecule has 1 radical (unpaired) electrons. The zero-order chi connectivity index (χ0) is 35.7. The van der Waals surface area contributed by atoms with Gasteiger partial charge in [0.1, 0.15) is 0 Å². The van der Waals surface area contributed by atoms with E-state index in [1.165, 1.54) is 108 Å². The molecule has 0 fully saturated rings. The maximum atomic E-state index is 10.0. The number of hydrogen-bond acceptors (Lipinski definition) is 4. The number of carbonyl (C=O) groups excluding carboxylic acids is 1. The normalized spacial score (nSPS) is 10.6. The van der Waals surface area contributed by atoms with Crippen molar-refractivity contribution in [1.82, 2.24) is 9.97 Å². The number of unbranched alkanes of at least 4 members (excludes halogenated alkanes) is 10.